The van der Waals surface area contributed by atoms with E-state index in [-0.39, 0.29) is 18.7 Å². The Morgan fingerprint density at radius 1 is 1.23 bits per heavy atom. The minimum atomic E-state index is -0.270. The number of para-hydroxylation sites is 1. The molecular weight excluding hydrogens is 332 g/mol. The fourth-order valence-electron chi connectivity index (χ4n) is 2.83. The minimum absolute atomic E-state index is 0.0277. The predicted molar refractivity (Wildman–Crippen MR) is 98.3 cm³/mol. The highest BCUT2D eigenvalue weighted by atomic mass is 16.7. The fourth-order valence-corrected chi connectivity index (χ4v) is 2.83. The molecule has 1 atom stereocenters. The number of carbonyl (C=O) groups is 1. The summed E-state index contributed by atoms with van der Waals surface area (Å²) in [6, 6.07) is 13.2. The number of ether oxygens (including phenoxy) is 3. The molecule has 0 aliphatic carbocycles. The van der Waals surface area contributed by atoms with Gasteiger partial charge in [0.15, 0.2) is 11.5 Å². The van der Waals surface area contributed by atoms with Crippen molar-refractivity contribution in [3.63, 3.8) is 0 Å². The summed E-state index contributed by atoms with van der Waals surface area (Å²) in [5, 5.41) is 2.98. The molecule has 3 rings (SSSR count). The summed E-state index contributed by atoms with van der Waals surface area (Å²) in [5.74, 6) is 2.26. The summed E-state index contributed by atoms with van der Waals surface area (Å²) in [6.45, 7) is 3.21. The van der Waals surface area contributed by atoms with Crippen LogP contribution in [-0.4, -0.2) is 37.8 Å². The summed E-state index contributed by atoms with van der Waals surface area (Å²) in [5.41, 5.74) is 2.02. The van der Waals surface area contributed by atoms with Gasteiger partial charge in [0.25, 0.3) is 0 Å². The highest BCUT2D eigenvalue weighted by molar-refractivity contribution is 5.81. The maximum atomic E-state index is 12.5. The number of fused-ring (bicyclic) bond motifs is 1. The Hall–Kier alpha value is -2.73. The summed E-state index contributed by atoms with van der Waals surface area (Å²) >= 11 is 0. The maximum Gasteiger partial charge on any atom is 0.237 e. The van der Waals surface area contributed by atoms with Gasteiger partial charge < -0.3 is 19.5 Å². The van der Waals surface area contributed by atoms with E-state index in [9.17, 15) is 4.79 Å². The standard InChI is InChI=1S/C20H24N2O4/c1-14(22(2)12-16-6-4-5-7-17(16)24-3)20(23)21-11-15-8-9-18-19(10-15)26-13-25-18/h4-10,14H,11-13H2,1-3H3,(H,21,23). The van der Waals surface area contributed by atoms with Crippen molar-refractivity contribution in [2.75, 3.05) is 21.0 Å². The van der Waals surface area contributed by atoms with Crippen LogP contribution in [0.2, 0.25) is 0 Å². The Kier molecular flexibility index (Phi) is 5.63. The molecule has 1 aliphatic rings. The molecule has 26 heavy (non-hydrogen) atoms. The molecule has 6 nitrogen and oxygen atoms in total. The van der Waals surface area contributed by atoms with Crippen LogP contribution in [0.5, 0.6) is 17.2 Å². The molecule has 0 bridgehead atoms. The number of amides is 1. The smallest absolute Gasteiger partial charge is 0.237 e. The van der Waals surface area contributed by atoms with Crippen LogP contribution in [0.1, 0.15) is 18.1 Å². The van der Waals surface area contributed by atoms with Crippen molar-refractivity contribution in [1.82, 2.24) is 10.2 Å². The number of hydrogen-bond acceptors (Lipinski definition) is 5. The molecule has 0 fully saturated rings. The van der Waals surface area contributed by atoms with Gasteiger partial charge in [0.1, 0.15) is 5.75 Å². The molecule has 0 aromatic heterocycles. The van der Waals surface area contributed by atoms with E-state index in [1.165, 1.54) is 0 Å². The number of carbonyl (C=O) groups excluding carboxylic acids is 1. The van der Waals surface area contributed by atoms with Crippen molar-refractivity contribution in [3.8, 4) is 17.2 Å². The number of nitrogens with one attached hydrogen (secondary N) is 1. The minimum Gasteiger partial charge on any atom is -0.496 e. The van der Waals surface area contributed by atoms with E-state index in [4.69, 9.17) is 14.2 Å². The van der Waals surface area contributed by atoms with E-state index in [1.54, 1.807) is 7.11 Å². The third-order valence-corrected chi connectivity index (χ3v) is 4.56. The molecule has 1 N–H and O–H groups in total. The average molecular weight is 356 g/mol. The zero-order valence-electron chi connectivity index (χ0n) is 15.3. The van der Waals surface area contributed by atoms with Gasteiger partial charge in [-0.2, -0.15) is 0 Å². The van der Waals surface area contributed by atoms with Crippen molar-refractivity contribution < 1.29 is 19.0 Å². The van der Waals surface area contributed by atoms with E-state index in [0.717, 1.165) is 28.4 Å². The molecule has 0 radical (unpaired) electrons. The first-order valence-electron chi connectivity index (χ1n) is 8.57. The van der Waals surface area contributed by atoms with Crippen LogP contribution in [0, 0.1) is 0 Å². The lowest BCUT2D eigenvalue weighted by Gasteiger charge is -2.24. The normalized spacial score (nSPS) is 13.5. The Morgan fingerprint density at radius 3 is 2.81 bits per heavy atom. The van der Waals surface area contributed by atoms with E-state index < -0.39 is 0 Å². The topological polar surface area (TPSA) is 60.0 Å². The molecule has 0 spiro atoms. The van der Waals surface area contributed by atoms with Crippen molar-refractivity contribution in [2.24, 2.45) is 0 Å². The Morgan fingerprint density at radius 2 is 2.00 bits per heavy atom. The van der Waals surface area contributed by atoms with Gasteiger partial charge in [0, 0.05) is 18.7 Å². The van der Waals surface area contributed by atoms with E-state index >= 15 is 0 Å². The van der Waals surface area contributed by atoms with Crippen molar-refractivity contribution in [2.45, 2.75) is 26.1 Å². The summed E-state index contributed by atoms with van der Waals surface area (Å²) < 4.78 is 16.0. The highest BCUT2D eigenvalue weighted by Crippen LogP contribution is 2.32. The summed E-state index contributed by atoms with van der Waals surface area (Å²) in [7, 11) is 3.58. The van der Waals surface area contributed by atoms with Crippen LogP contribution >= 0.6 is 0 Å². The van der Waals surface area contributed by atoms with Crippen LogP contribution in [0.15, 0.2) is 42.5 Å². The highest BCUT2D eigenvalue weighted by Gasteiger charge is 2.19. The Bertz CT molecular complexity index is 778. The van der Waals surface area contributed by atoms with Crippen molar-refractivity contribution >= 4 is 5.91 Å². The Balaban J connectivity index is 1.55. The number of likely N-dealkylation sites (N-methyl/N-ethyl adjacent to an activating group) is 1. The van der Waals surface area contributed by atoms with Gasteiger partial charge >= 0.3 is 0 Å². The third-order valence-electron chi connectivity index (χ3n) is 4.56. The van der Waals surface area contributed by atoms with E-state index in [0.29, 0.717) is 13.1 Å². The zero-order valence-corrected chi connectivity index (χ0v) is 15.3. The largest absolute Gasteiger partial charge is 0.496 e. The molecule has 0 saturated carbocycles. The molecule has 1 aliphatic heterocycles. The van der Waals surface area contributed by atoms with Crippen LogP contribution in [0.25, 0.3) is 0 Å². The molecule has 1 amide bonds. The molecule has 2 aromatic carbocycles. The molecule has 6 heteroatoms. The van der Waals surface area contributed by atoms with Crippen LogP contribution in [0.4, 0.5) is 0 Å². The molecule has 0 saturated heterocycles. The SMILES string of the molecule is COc1ccccc1CN(C)C(C)C(=O)NCc1ccc2c(c1)OCO2. The maximum absolute atomic E-state index is 12.5. The first kappa shape index (κ1) is 18.1. The average Bonchev–Trinajstić information content (AvgIpc) is 3.13. The number of rotatable bonds is 7. The Labute approximate surface area is 153 Å². The van der Waals surface area contributed by atoms with Gasteiger partial charge in [0.05, 0.1) is 13.2 Å². The zero-order chi connectivity index (χ0) is 18.5. The van der Waals surface area contributed by atoms with Crippen LogP contribution < -0.4 is 19.5 Å². The molecule has 2 aromatic rings. The molecule has 1 heterocycles. The first-order chi connectivity index (χ1) is 12.6. The quantitative estimate of drug-likeness (QED) is 0.826. The lowest BCUT2D eigenvalue weighted by molar-refractivity contribution is -0.125. The fraction of sp³-hybridized carbons (Fsp3) is 0.350. The predicted octanol–water partition coefficient (Wildman–Crippen LogP) is 2.56. The summed E-state index contributed by atoms with van der Waals surface area (Å²) in [4.78, 5) is 14.5. The number of methoxy groups -OCH3 is 1. The van der Waals surface area contributed by atoms with Gasteiger partial charge in [-0.3, -0.25) is 9.69 Å². The second-order valence-corrected chi connectivity index (χ2v) is 6.31. The third kappa shape index (κ3) is 4.08. The lowest BCUT2D eigenvalue weighted by Crippen LogP contribution is -2.42. The van der Waals surface area contributed by atoms with Gasteiger partial charge in [0.2, 0.25) is 12.7 Å². The van der Waals surface area contributed by atoms with Crippen LogP contribution in [-0.2, 0) is 17.9 Å². The summed E-state index contributed by atoms with van der Waals surface area (Å²) in [6.07, 6.45) is 0. The second kappa shape index (κ2) is 8.10. The van der Waals surface area contributed by atoms with Gasteiger partial charge in [-0.05, 0) is 37.7 Å². The monoisotopic (exact) mass is 356 g/mol. The molecular formula is C20H24N2O4. The molecule has 138 valence electrons. The molecule has 1 unspecified atom stereocenters. The van der Waals surface area contributed by atoms with Crippen LogP contribution in [0.3, 0.4) is 0 Å². The second-order valence-electron chi connectivity index (χ2n) is 6.31. The number of nitrogens with zero attached hydrogens (tertiary/aromatic N) is 1. The first-order valence-corrected chi connectivity index (χ1v) is 8.57. The van der Waals surface area contributed by atoms with Gasteiger partial charge in [-0.15, -0.1) is 0 Å². The number of hydrogen-bond donors (Lipinski definition) is 1. The number of benzene rings is 2. The van der Waals surface area contributed by atoms with Gasteiger partial charge in [-0.1, -0.05) is 24.3 Å². The van der Waals surface area contributed by atoms with Crippen molar-refractivity contribution in [1.29, 1.82) is 0 Å². The lowest BCUT2D eigenvalue weighted by atomic mass is 10.1. The van der Waals surface area contributed by atoms with Crippen molar-refractivity contribution in [3.05, 3.63) is 53.6 Å². The van der Waals surface area contributed by atoms with Gasteiger partial charge in [-0.25, -0.2) is 0 Å². The van der Waals surface area contributed by atoms with E-state index in [1.807, 2.05) is 61.3 Å². The van der Waals surface area contributed by atoms with E-state index in [2.05, 4.69) is 5.32 Å².